The predicted molar refractivity (Wildman–Crippen MR) is 98.1 cm³/mol. The first-order valence-corrected chi connectivity index (χ1v) is 9.54. The second-order valence-corrected chi connectivity index (χ2v) is 8.96. The van der Waals surface area contributed by atoms with E-state index >= 15 is 0 Å². The van der Waals surface area contributed by atoms with Gasteiger partial charge in [-0.15, -0.1) is 0 Å². The van der Waals surface area contributed by atoms with Gasteiger partial charge in [-0.25, -0.2) is 0 Å². The summed E-state index contributed by atoms with van der Waals surface area (Å²) in [7, 11) is 2.36. The third-order valence-electron chi connectivity index (χ3n) is 5.59. The van der Waals surface area contributed by atoms with Gasteiger partial charge in [-0.1, -0.05) is 45.0 Å². The van der Waals surface area contributed by atoms with Crippen molar-refractivity contribution in [3.63, 3.8) is 0 Å². The number of aryl methyl sites for hydroxylation is 1. The van der Waals surface area contributed by atoms with E-state index in [-0.39, 0.29) is 17.8 Å². The molecule has 0 radical (unpaired) electrons. The molecule has 2 atom stereocenters. The third-order valence-corrected chi connectivity index (χ3v) is 5.59. The lowest BCUT2D eigenvalue weighted by Crippen LogP contribution is -2.47. The average molecular weight is 333 g/mol. The molecule has 2 saturated heterocycles. The Morgan fingerprint density at radius 1 is 1.08 bits per heavy atom. The lowest BCUT2D eigenvalue weighted by atomic mass is 9.86. The Labute approximate surface area is 147 Å². The number of hydrogen-bond donors (Lipinski definition) is 0. The summed E-state index contributed by atoms with van der Waals surface area (Å²) in [6, 6.07) is 9.02. The summed E-state index contributed by atoms with van der Waals surface area (Å²) < 4.78 is 13.2. The van der Waals surface area contributed by atoms with Crippen LogP contribution >= 0.6 is 0 Å². The van der Waals surface area contributed by atoms with E-state index in [4.69, 9.17) is 9.47 Å². The topological polar surface area (TPSA) is 18.5 Å². The van der Waals surface area contributed by atoms with E-state index in [0.29, 0.717) is 0 Å². The number of hydrogen-bond acceptors (Lipinski definition) is 2. The van der Waals surface area contributed by atoms with Crippen molar-refractivity contribution in [1.29, 1.82) is 0 Å². The Balaban J connectivity index is 1.44. The van der Waals surface area contributed by atoms with Gasteiger partial charge in [0.25, 0.3) is 0 Å². The van der Waals surface area contributed by atoms with Crippen LogP contribution in [0.15, 0.2) is 24.3 Å². The maximum absolute atomic E-state index is 6.15. The van der Waals surface area contributed by atoms with E-state index in [2.05, 4.69) is 52.1 Å². The number of ether oxygens (including phenoxy) is 2. The number of benzene rings is 1. The van der Waals surface area contributed by atoms with Crippen LogP contribution in [-0.4, -0.2) is 50.2 Å². The number of nitrogens with zero attached hydrogens (tertiary/aromatic N) is 1. The van der Waals surface area contributed by atoms with Gasteiger partial charge in [0, 0.05) is 19.3 Å². The number of quaternary nitrogens is 1. The maximum Gasteiger partial charge on any atom is 0.158 e. The maximum atomic E-state index is 6.15. The minimum atomic E-state index is -0.0218. The summed E-state index contributed by atoms with van der Waals surface area (Å²) in [6.45, 7) is 11.2. The fraction of sp³-hybridized carbons (Fsp3) is 0.714. The first-order valence-electron chi connectivity index (χ1n) is 9.54. The van der Waals surface area contributed by atoms with Gasteiger partial charge in [0.1, 0.15) is 12.6 Å². The smallest absolute Gasteiger partial charge is 0.158 e. The van der Waals surface area contributed by atoms with Crippen molar-refractivity contribution in [2.24, 2.45) is 0 Å². The van der Waals surface area contributed by atoms with Crippen molar-refractivity contribution in [3.05, 3.63) is 35.4 Å². The van der Waals surface area contributed by atoms with Crippen molar-refractivity contribution in [2.45, 2.75) is 64.3 Å². The molecule has 0 aliphatic carbocycles. The van der Waals surface area contributed by atoms with E-state index in [1.807, 2.05) is 0 Å². The second-order valence-electron chi connectivity index (χ2n) is 8.96. The van der Waals surface area contributed by atoms with E-state index in [1.165, 1.54) is 37.1 Å². The van der Waals surface area contributed by atoms with Gasteiger partial charge < -0.3 is 14.0 Å². The minimum Gasteiger partial charge on any atom is -0.350 e. The van der Waals surface area contributed by atoms with Crippen molar-refractivity contribution in [1.82, 2.24) is 0 Å². The molecule has 24 heavy (non-hydrogen) atoms. The molecule has 0 N–H and O–H groups in total. The highest BCUT2D eigenvalue weighted by molar-refractivity contribution is 5.27. The zero-order chi connectivity index (χ0) is 17.2. The highest BCUT2D eigenvalue weighted by Crippen LogP contribution is 2.25. The van der Waals surface area contributed by atoms with Gasteiger partial charge in [-0.05, 0) is 23.0 Å². The van der Waals surface area contributed by atoms with Crippen molar-refractivity contribution >= 4 is 0 Å². The van der Waals surface area contributed by atoms with Crippen LogP contribution in [0.5, 0.6) is 0 Å². The quantitative estimate of drug-likeness (QED) is 0.762. The Morgan fingerprint density at radius 2 is 1.75 bits per heavy atom. The van der Waals surface area contributed by atoms with E-state index in [1.54, 1.807) is 0 Å². The lowest BCUT2D eigenvalue weighted by molar-refractivity contribution is -0.900. The standard InChI is InChI=1S/C21H34NO2/c1-21(2,3)18-10-7-17(8-11-18)9-12-20-23-16-19(24-20)15-22(4)13-5-6-14-22/h7-8,10-11,19-20H,5-6,9,12-16H2,1-4H3/q+1/t19-,20+/m0/s1. The van der Waals surface area contributed by atoms with Crippen molar-refractivity contribution in [2.75, 3.05) is 33.3 Å². The van der Waals surface area contributed by atoms with Gasteiger partial charge in [-0.2, -0.15) is 0 Å². The first kappa shape index (κ1) is 17.9. The minimum absolute atomic E-state index is 0.0218. The highest BCUT2D eigenvalue weighted by atomic mass is 16.7. The van der Waals surface area contributed by atoms with Crippen LogP contribution < -0.4 is 0 Å². The fourth-order valence-corrected chi connectivity index (χ4v) is 3.98. The Morgan fingerprint density at radius 3 is 2.38 bits per heavy atom. The normalized spacial score (nSPS) is 26.8. The van der Waals surface area contributed by atoms with Crippen LogP contribution in [0.2, 0.25) is 0 Å². The molecule has 0 unspecified atom stereocenters. The molecule has 0 amide bonds. The Kier molecular flexibility index (Phi) is 5.33. The largest absolute Gasteiger partial charge is 0.350 e. The number of rotatable bonds is 5. The molecule has 2 heterocycles. The fourth-order valence-electron chi connectivity index (χ4n) is 3.98. The zero-order valence-electron chi connectivity index (χ0n) is 15.9. The molecular weight excluding hydrogens is 298 g/mol. The average Bonchev–Trinajstić information content (AvgIpc) is 3.14. The van der Waals surface area contributed by atoms with E-state index in [9.17, 15) is 0 Å². The van der Waals surface area contributed by atoms with E-state index in [0.717, 1.165) is 30.5 Å². The predicted octanol–water partition coefficient (Wildman–Crippen LogP) is 3.90. The van der Waals surface area contributed by atoms with Gasteiger partial charge in [0.05, 0.1) is 26.7 Å². The molecule has 134 valence electrons. The molecule has 2 fully saturated rings. The second kappa shape index (κ2) is 7.15. The van der Waals surface area contributed by atoms with Crippen LogP contribution in [0.25, 0.3) is 0 Å². The van der Waals surface area contributed by atoms with Crippen LogP contribution in [0.1, 0.15) is 51.2 Å². The first-order chi connectivity index (χ1) is 11.3. The summed E-state index contributed by atoms with van der Waals surface area (Å²) in [5.41, 5.74) is 2.98. The van der Waals surface area contributed by atoms with Gasteiger partial charge >= 0.3 is 0 Å². The number of likely N-dealkylation sites (tertiary alicyclic amines) is 1. The van der Waals surface area contributed by atoms with Gasteiger partial charge in [0.15, 0.2) is 6.29 Å². The molecule has 3 nitrogen and oxygen atoms in total. The molecule has 3 heteroatoms. The van der Waals surface area contributed by atoms with Crippen LogP contribution in [0.3, 0.4) is 0 Å². The van der Waals surface area contributed by atoms with Crippen LogP contribution in [-0.2, 0) is 21.3 Å². The Bertz CT molecular complexity index is 526. The van der Waals surface area contributed by atoms with Gasteiger partial charge in [0.2, 0.25) is 0 Å². The molecule has 2 aliphatic rings. The van der Waals surface area contributed by atoms with Crippen molar-refractivity contribution in [3.8, 4) is 0 Å². The van der Waals surface area contributed by atoms with Crippen LogP contribution in [0.4, 0.5) is 0 Å². The van der Waals surface area contributed by atoms with Crippen molar-refractivity contribution < 1.29 is 14.0 Å². The van der Waals surface area contributed by atoms with Crippen LogP contribution in [0, 0.1) is 0 Å². The molecule has 0 saturated carbocycles. The summed E-state index contributed by atoms with van der Waals surface area (Å²) in [6.07, 6.45) is 4.95. The molecule has 3 rings (SSSR count). The third kappa shape index (κ3) is 4.59. The van der Waals surface area contributed by atoms with Gasteiger partial charge in [-0.3, -0.25) is 0 Å². The zero-order valence-corrected chi connectivity index (χ0v) is 15.9. The molecule has 1 aromatic carbocycles. The Hall–Kier alpha value is -0.900. The highest BCUT2D eigenvalue weighted by Gasteiger charge is 2.35. The molecule has 0 bridgehead atoms. The lowest BCUT2D eigenvalue weighted by Gasteiger charge is -2.31. The molecule has 0 spiro atoms. The number of likely N-dealkylation sites (N-methyl/N-ethyl adjacent to an activating group) is 1. The van der Waals surface area contributed by atoms with E-state index < -0.39 is 0 Å². The monoisotopic (exact) mass is 332 g/mol. The SMILES string of the molecule is CC(C)(C)c1ccc(CC[C@@H]2OC[C@H](C[N+]3(C)CCCC3)O2)cc1. The molecule has 1 aromatic rings. The molecule has 0 aromatic heterocycles. The molecule has 2 aliphatic heterocycles. The summed E-state index contributed by atoms with van der Waals surface area (Å²) >= 11 is 0. The molecular formula is C21H34NO2+. The summed E-state index contributed by atoms with van der Waals surface area (Å²) in [5, 5.41) is 0. The summed E-state index contributed by atoms with van der Waals surface area (Å²) in [4.78, 5) is 0. The summed E-state index contributed by atoms with van der Waals surface area (Å²) in [5.74, 6) is 0.